The molecule has 1 fully saturated rings. The smallest absolute Gasteiger partial charge is 0.129 e. The van der Waals surface area contributed by atoms with Crippen LogP contribution >= 0.6 is 0 Å². The van der Waals surface area contributed by atoms with E-state index < -0.39 is 0 Å². The lowest BCUT2D eigenvalue weighted by atomic mass is 9.84. The largest absolute Gasteiger partial charge is 0.399 e. The van der Waals surface area contributed by atoms with E-state index in [4.69, 9.17) is 10.7 Å². The fourth-order valence-corrected chi connectivity index (χ4v) is 2.93. The molecule has 0 unspecified atom stereocenters. The van der Waals surface area contributed by atoms with Gasteiger partial charge in [-0.25, -0.2) is 4.98 Å². The van der Waals surface area contributed by atoms with E-state index in [0.29, 0.717) is 5.41 Å². The van der Waals surface area contributed by atoms with E-state index in [0.717, 1.165) is 35.5 Å². The summed E-state index contributed by atoms with van der Waals surface area (Å²) >= 11 is 0. The van der Waals surface area contributed by atoms with Gasteiger partial charge in [-0.2, -0.15) is 0 Å². The molecular weight excluding hydrogens is 234 g/mol. The summed E-state index contributed by atoms with van der Waals surface area (Å²) in [5.74, 6) is 1.09. The Kier molecular flexibility index (Phi) is 2.85. The highest BCUT2D eigenvalue weighted by atomic mass is 15.2. The van der Waals surface area contributed by atoms with Crippen molar-refractivity contribution >= 4 is 22.4 Å². The summed E-state index contributed by atoms with van der Waals surface area (Å²) in [6.07, 6.45) is 2.54. The number of anilines is 2. The Bertz CT molecular complexity index is 604. The standard InChI is InChI=1S/C16H21N3/c1-16(2)8-3-9-19(11-16)15-7-4-12-10-13(17)5-6-14(12)18-15/h4-7,10H,3,8-9,11,17H2,1-2H3. The van der Waals surface area contributed by atoms with E-state index >= 15 is 0 Å². The second kappa shape index (κ2) is 4.41. The number of nitrogens with two attached hydrogens (primary N) is 1. The zero-order valence-corrected chi connectivity index (χ0v) is 11.7. The predicted molar refractivity (Wildman–Crippen MR) is 81.4 cm³/mol. The highest BCUT2D eigenvalue weighted by Crippen LogP contribution is 2.31. The number of piperidine rings is 1. The maximum atomic E-state index is 5.80. The first-order valence-corrected chi connectivity index (χ1v) is 6.95. The molecule has 3 nitrogen and oxygen atoms in total. The summed E-state index contributed by atoms with van der Waals surface area (Å²) in [5, 5.41) is 1.11. The Morgan fingerprint density at radius 2 is 2.05 bits per heavy atom. The van der Waals surface area contributed by atoms with Gasteiger partial charge < -0.3 is 10.6 Å². The summed E-state index contributed by atoms with van der Waals surface area (Å²) in [7, 11) is 0. The van der Waals surface area contributed by atoms with E-state index in [-0.39, 0.29) is 0 Å². The molecular formula is C16H21N3. The monoisotopic (exact) mass is 255 g/mol. The Hall–Kier alpha value is -1.77. The van der Waals surface area contributed by atoms with Crippen LogP contribution in [0.5, 0.6) is 0 Å². The number of rotatable bonds is 1. The van der Waals surface area contributed by atoms with Gasteiger partial charge in [0, 0.05) is 24.2 Å². The maximum absolute atomic E-state index is 5.80. The first-order chi connectivity index (χ1) is 9.03. The highest BCUT2D eigenvalue weighted by molar-refractivity contribution is 5.83. The number of nitrogen functional groups attached to an aromatic ring is 1. The second-order valence-corrected chi connectivity index (χ2v) is 6.31. The minimum atomic E-state index is 0.385. The molecule has 1 aromatic carbocycles. The van der Waals surface area contributed by atoms with Crippen molar-refractivity contribution in [3.8, 4) is 0 Å². The average molecular weight is 255 g/mol. The molecule has 2 aromatic rings. The summed E-state index contributed by atoms with van der Waals surface area (Å²) < 4.78 is 0. The van der Waals surface area contributed by atoms with Crippen molar-refractivity contribution in [3.05, 3.63) is 30.3 Å². The molecule has 1 aliphatic heterocycles. The van der Waals surface area contributed by atoms with Gasteiger partial charge in [-0.1, -0.05) is 13.8 Å². The quantitative estimate of drug-likeness (QED) is 0.794. The van der Waals surface area contributed by atoms with E-state index in [1.807, 2.05) is 18.2 Å². The van der Waals surface area contributed by atoms with Crippen LogP contribution in [0.2, 0.25) is 0 Å². The topological polar surface area (TPSA) is 42.1 Å². The van der Waals surface area contributed by atoms with Crippen molar-refractivity contribution in [3.63, 3.8) is 0 Å². The van der Waals surface area contributed by atoms with Crippen molar-refractivity contribution in [2.75, 3.05) is 23.7 Å². The molecule has 3 rings (SSSR count). The van der Waals surface area contributed by atoms with Crippen LogP contribution in [0.4, 0.5) is 11.5 Å². The molecule has 100 valence electrons. The van der Waals surface area contributed by atoms with Crippen LogP contribution in [-0.2, 0) is 0 Å². The molecule has 2 heterocycles. The fraction of sp³-hybridized carbons (Fsp3) is 0.438. The van der Waals surface area contributed by atoms with Gasteiger partial charge in [0.15, 0.2) is 0 Å². The van der Waals surface area contributed by atoms with Gasteiger partial charge in [0.1, 0.15) is 5.82 Å². The molecule has 0 radical (unpaired) electrons. The van der Waals surface area contributed by atoms with Gasteiger partial charge in [0.2, 0.25) is 0 Å². The summed E-state index contributed by atoms with van der Waals surface area (Å²) in [6.45, 7) is 6.86. The van der Waals surface area contributed by atoms with E-state index in [2.05, 4.69) is 30.9 Å². The van der Waals surface area contributed by atoms with Crippen LogP contribution in [0.1, 0.15) is 26.7 Å². The van der Waals surface area contributed by atoms with Crippen LogP contribution < -0.4 is 10.6 Å². The lowest BCUT2D eigenvalue weighted by Crippen LogP contribution is -2.40. The van der Waals surface area contributed by atoms with Gasteiger partial charge in [0.05, 0.1) is 5.52 Å². The average Bonchev–Trinajstić information content (AvgIpc) is 2.37. The molecule has 1 saturated heterocycles. The summed E-state index contributed by atoms with van der Waals surface area (Å²) in [4.78, 5) is 7.18. The molecule has 19 heavy (non-hydrogen) atoms. The number of benzene rings is 1. The summed E-state index contributed by atoms with van der Waals surface area (Å²) in [5.41, 5.74) is 8.00. The van der Waals surface area contributed by atoms with Gasteiger partial charge in [0.25, 0.3) is 0 Å². The lowest BCUT2D eigenvalue weighted by molar-refractivity contribution is 0.292. The van der Waals surface area contributed by atoms with Crippen LogP contribution in [-0.4, -0.2) is 18.1 Å². The zero-order chi connectivity index (χ0) is 13.5. The molecule has 2 N–H and O–H groups in total. The number of pyridine rings is 1. The minimum Gasteiger partial charge on any atom is -0.399 e. The highest BCUT2D eigenvalue weighted by Gasteiger charge is 2.26. The molecule has 0 amide bonds. The van der Waals surface area contributed by atoms with Crippen LogP contribution in [0, 0.1) is 5.41 Å². The molecule has 1 aliphatic rings. The van der Waals surface area contributed by atoms with E-state index in [1.54, 1.807) is 0 Å². The lowest BCUT2D eigenvalue weighted by Gasteiger charge is -2.38. The Labute approximate surface area is 114 Å². The van der Waals surface area contributed by atoms with Gasteiger partial charge in [-0.15, -0.1) is 0 Å². The third-order valence-corrected chi connectivity index (χ3v) is 3.92. The Balaban J connectivity index is 1.95. The number of nitrogens with zero attached hydrogens (tertiary/aromatic N) is 2. The first-order valence-electron chi connectivity index (χ1n) is 6.95. The van der Waals surface area contributed by atoms with E-state index in [1.165, 1.54) is 12.8 Å². The predicted octanol–water partition coefficient (Wildman–Crippen LogP) is 3.44. The van der Waals surface area contributed by atoms with Crippen LogP contribution in [0.25, 0.3) is 10.9 Å². The van der Waals surface area contributed by atoms with Crippen molar-refractivity contribution < 1.29 is 0 Å². The Morgan fingerprint density at radius 3 is 2.84 bits per heavy atom. The van der Waals surface area contributed by atoms with E-state index in [9.17, 15) is 0 Å². The van der Waals surface area contributed by atoms with Gasteiger partial charge >= 0.3 is 0 Å². The second-order valence-electron chi connectivity index (χ2n) is 6.31. The zero-order valence-electron chi connectivity index (χ0n) is 11.7. The van der Waals surface area contributed by atoms with Gasteiger partial charge in [-0.05, 0) is 48.6 Å². The molecule has 0 aliphatic carbocycles. The third kappa shape index (κ3) is 2.50. The number of hydrogen-bond acceptors (Lipinski definition) is 3. The molecule has 3 heteroatoms. The van der Waals surface area contributed by atoms with Crippen molar-refractivity contribution in [1.29, 1.82) is 0 Å². The van der Waals surface area contributed by atoms with Crippen molar-refractivity contribution in [1.82, 2.24) is 4.98 Å². The fourth-order valence-electron chi connectivity index (χ4n) is 2.93. The van der Waals surface area contributed by atoms with Gasteiger partial charge in [-0.3, -0.25) is 0 Å². The third-order valence-electron chi connectivity index (χ3n) is 3.92. The summed E-state index contributed by atoms with van der Waals surface area (Å²) in [6, 6.07) is 10.1. The molecule has 1 aromatic heterocycles. The molecule has 0 saturated carbocycles. The maximum Gasteiger partial charge on any atom is 0.129 e. The number of fused-ring (bicyclic) bond motifs is 1. The molecule has 0 bridgehead atoms. The molecule has 0 atom stereocenters. The number of aromatic nitrogens is 1. The minimum absolute atomic E-state index is 0.385. The van der Waals surface area contributed by atoms with Crippen LogP contribution in [0.15, 0.2) is 30.3 Å². The van der Waals surface area contributed by atoms with Crippen molar-refractivity contribution in [2.24, 2.45) is 5.41 Å². The normalized spacial score (nSPS) is 18.7. The molecule has 0 spiro atoms. The van der Waals surface area contributed by atoms with Crippen molar-refractivity contribution in [2.45, 2.75) is 26.7 Å². The number of hydrogen-bond donors (Lipinski definition) is 1. The Morgan fingerprint density at radius 1 is 1.21 bits per heavy atom. The van der Waals surface area contributed by atoms with Crippen LogP contribution in [0.3, 0.4) is 0 Å². The first kappa shape index (κ1) is 12.3. The SMILES string of the molecule is CC1(C)CCCN(c2ccc3cc(N)ccc3n2)C1.